The molecule has 0 aliphatic rings. The van der Waals surface area contributed by atoms with Gasteiger partial charge in [0.1, 0.15) is 0 Å². The predicted octanol–water partition coefficient (Wildman–Crippen LogP) is 6.51. The molecule has 0 fully saturated rings. The lowest BCUT2D eigenvalue weighted by Gasteiger charge is -2.15. The summed E-state index contributed by atoms with van der Waals surface area (Å²) in [5.74, 6) is 3.06. The highest BCUT2D eigenvalue weighted by molar-refractivity contribution is 5.70. The minimum atomic E-state index is 0.696. The molecule has 0 N–H and O–H groups in total. The molecule has 0 radical (unpaired) electrons. The van der Waals surface area contributed by atoms with Crippen molar-refractivity contribution in [2.75, 3.05) is 27.4 Å². The zero-order valence-electron chi connectivity index (χ0n) is 17.8. The van der Waals surface area contributed by atoms with Crippen molar-refractivity contribution < 1.29 is 18.9 Å². The molecule has 0 amide bonds. The Morgan fingerprint density at radius 2 is 1.00 bits per heavy atom. The van der Waals surface area contributed by atoms with Crippen molar-refractivity contribution in [3.63, 3.8) is 0 Å². The van der Waals surface area contributed by atoms with Crippen LogP contribution in [0.5, 0.6) is 23.0 Å². The molecule has 0 aliphatic carbocycles. The first-order valence-electron chi connectivity index (χ1n) is 10.4. The molecular weight excluding hydrogens is 352 g/mol. The van der Waals surface area contributed by atoms with Crippen LogP contribution in [0, 0.1) is 0 Å². The average Bonchev–Trinajstić information content (AvgIpc) is 2.74. The van der Waals surface area contributed by atoms with Crippen molar-refractivity contribution in [1.82, 2.24) is 0 Å². The largest absolute Gasteiger partial charge is 0.493 e. The van der Waals surface area contributed by atoms with Crippen LogP contribution in [0.25, 0.3) is 11.1 Å². The highest BCUT2D eigenvalue weighted by Gasteiger charge is 2.11. The number of rotatable bonds is 13. The van der Waals surface area contributed by atoms with Crippen LogP contribution in [0.4, 0.5) is 0 Å². The maximum absolute atomic E-state index is 5.98. The van der Waals surface area contributed by atoms with Crippen LogP contribution in [0.3, 0.4) is 0 Å². The molecule has 0 saturated heterocycles. The second-order valence-corrected chi connectivity index (χ2v) is 6.84. The zero-order chi connectivity index (χ0) is 20.2. The Morgan fingerprint density at radius 3 is 1.36 bits per heavy atom. The first-order chi connectivity index (χ1) is 13.7. The summed E-state index contributed by atoms with van der Waals surface area (Å²) in [5, 5.41) is 0. The van der Waals surface area contributed by atoms with E-state index < -0.39 is 0 Å². The van der Waals surface area contributed by atoms with Gasteiger partial charge in [0.2, 0.25) is 0 Å². The molecule has 0 atom stereocenters. The Hall–Kier alpha value is -2.36. The lowest BCUT2D eigenvalue weighted by molar-refractivity contribution is 0.285. The number of hydrogen-bond acceptors (Lipinski definition) is 4. The molecule has 0 aromatic heterocycles. The van der Waals surface area contributed by atoms with E-state index >= 15 is 0 Å². The maximum Gasteiger partial charge on any atom is 0.161 e. The quantitative estimate of drug-likeness (QED) is 0.368. The summed E-state index contributed by atoms with van der Waals surface area (Å²) >= 11 is 0. The van der Waals surface area contributed by atoms with Gasteiger partial charge in [0.05, 0.1) is 27.4 Å². The molecule has 154 valence electrons. The van der Waals surface area contributed by atoms with Crippen LogP contribution in [0.1, 0.15) is 52.4 Å². The molecule has 2 aromatic rings. The molecular formula is C24H34O4. The van der Waals surface area contributed by atoms with E-state index in [1.54, 1.807) is 14.2 Å². The van der Waals surface area contributed by atoms with Gasteiger partial charge in [-0.15, -0.1) is 0 Å². The number of unbranched alkanes of at least 4 members (excludes halogenated alkanes) is 4. The van der Waals surface area contributed by atoms with Crippen LogP contribution < -0.4 is 18.9 Å². The van der Waals surface area contributed by atoms with E-state index in [-0.39, 0.29) is 0 Å². The summed E-state index contributed by atoms with van der Waals surface area (Å²) in [6.45, 7) is 5.77. The summed E-state index contributed by atoms with van der Waals surface area (Å²) in [6.07, 6.45) is 6.77. The van der Waals surface area contributed by atoms with Gasteiger partial charge in [-0.1, -0.05) is 51.7 Å². The van der Waals surface area contributed by atoms with Crippen LogP contribution in [0.15, 0.2) is 36.4 Å². The second-order valence-electron chi connectivity index (χ2n) is 6.84. The van der Waals surface area contributed by atoms with Crippen LogP contribution in [-0.4, -0.2) is 27.4 Å². The Bertz CT molecular complexity index is 650. The summed E-state index contributed by atoms with van der Waals surface area (Å²) in [4.78, 5) is 0. The third-order valence-electron chi connectivity index (χ3n) is 4.67. The van der Waals surface area contributed by atoms with E-state index in [1.807, 2.05) is 36.4 Å². The summed E-state index contributed by atoms with van der Waals surface area (Å²) in [7, 11) is 3.34. The number of hydrogen-bond donors (Lipinski definition) is 0. The maximum atomic E-state index is 5.98. The van der Waals surface area contributed by atoms with Crippen LogP contribution in [-0.2, 0) is 0 Å². The second kappa shape index (κ2) is 12.2. The normalized spacial score (nSPS) is 10.6. The molecule has 2 aromatic carbocycles. The number of benzene rings is 2. The van der Waals surface area contributed by atoms with Gasteiger partial charge in [0, 0.05) is 0 Å². The number of ether oxygens (including phenoxy) is 4. The molecule has 2 rings (SSSR count). The molecule has 0 heterocycles. The lowest BCUT2D eigenvalue weighted by Crippen LogP contribution is -2.00. The van der Waals surface area contributed by atoms with E-state index in [0.29, 0.717) is 13.2 Å². The Morgan fingerprint density at radius 1 is 0.571 bits per heavy atom. The fraction of sp³-hybridized carbons (Fsp3) is 0.500. The van der Waals surface area contributed by atoms with Crippen molar-refractivity contribution in [3.05, 3.63) is 36.4 Å². The first-order valence-corrected chi connectivity index (χ1v) is 10.4. The Balaban J connectivity index is 2.20. The predicted molar refractivity (Wildman–Crippen MR) is 115 cm³/mol. The fourth-order valence-electron chi connectivity index (χ4n) is 3.01. The molecule has 0 spiro atoms. The van der Waals surface area contributed by atoms with E-state index in [4.69, 9.17) is 18.9 Å². The number of methoxy groups -OCH3 is 2. The van der Waals surface area contributed by atoms with Gasteiger partial charge in [0.25, 0.3) is 0 Å². The van der Waals surface area contributed by atoms with Crippen LogP contribution in [0.2, 0.25) is 0 Å². The molecule has 0 unspecified atom stereocenters. The highest BCUT2D eigenvalue weighted by Crippen LogP contribution is 2.36. The van der Waals surface area contributed by atoms with Gasteiger partial charge in [-0.25, -0.2) is 0 Å². The first kappa shape index (κ1) is 21.9. The van der Waals surface area contributed by atoms with Gasteiger partial charge in [-0.2, -0.15) is 0 Å². The van der Waals surface area contributed by atoms with Crippen molar-refractivity contribution in [1.29, 1.82) is 0 Å². The van der Waals surface area contributed by atoms with E-state index in [9.17, 15) is 0 Å². The smallest absolute Gasteiger partial charge is 0.161 e. The van der Waals surface area contributed by atoms with Crippen molar-refractivity contribution >= 4 is 0 Å². The highest BCUT2D eigenvalue weighted by atomic mass is 16.5. The Kier molecular flexibility index (Phi) is 9.53. The van der Waals surface area contributed by atoms with E-state index in [2.05, 4.69) is 13.8 Å². The van der Waals surface area contributed by atoms with Crippen molar-refractivity contribution in [3.8, 4) is 34.1 Å². The molecule has 0 aliphatic heterocycles. The van der Waals surface area contributed by atoms with Gasteiger partial charge >= 0.3 is 0 Å². The minimum Gasteiger partial charge on any atom is -0.493 e. The molecule has 4 heteroatoms. The van der Waals surface area contributed by atoms with Gasteiger partial charge in [-0.05, 0) is 48.2 Å². The van der Waals surface area contributed by atoms with Gasteiger partial charge in [-0.3, -0.25) is 0 Å². The van der Waals surface area contributed by atoms with Gasteiger partial charge in [0.15, 0.2) is 23.0 Å². The third-order valence-corrected chi connectivity index (χ3v) is 4.67. The van der Waals surface area contributed by atoms with Crippen LogP contribution >= 0.6 is 0 Å². The lowest BCUT2D eigenvalue weighted by atomic mass is 10.0. The molecule has 0 bridgehead atoms. The minimum absolute atomic E-state index is 0.696. The summed E-state index contributed by atoms with van der Waals surface area (Å²) in [6, 6.07) is 12.1. The summed E-state index contributed by atoms with van der Waals surface area (Å²) < 4.78 is 22.9. The van der Waals surface area contributed by atoms with Gasteiger partial charge < -0.3 is 18.9 Å². The topological polar surface area (TPSA) is 36.9 Å². The molecule has 0 saturated carbocycles. The van der Waals surface area contributed by atoms with Crippen molar-refractivity contribution in [2.24, 2.45) is 0 Å². The van der Waals surface area contributed by atoms with E-state index in [0.717, 1.165) is 47.0 Å². The zero-order valence-corrected chi connectivity index (χ0v) is 17.8. The molecule has 28 heavy (non-hydrogen) atoms. The SMILES string of the molecule is CCCCCOc1cc(-c2ccc(OC)c(OCCCCC)c2)ccc1OC. The monoisotopic (exact) mass is 386 g/mol. The summed E-state index contributed by atoms with van der Waals surface area (Å²) in [5.41, 5.74) is 2.12. The van der Waals surface area contributed by atoms with Crippen molar-refractivity contribution in [2.45, 2.75) is 52.4 Å². The Labute approximate surface area is 169 Å². The van der Waals surface area contributed by atoms with E-state index in [1.165, 1.54) is 25.7 Å². The average molecular weight is 387 g/mol. The standard InChI is InChI=1S/C24H34O4/c1-5-7-9-15-27-23-17-19(11-13-21(23)25-3)20-12-14-22(26-4)24(18-20)28-16-10-8-6-2/h11-14,17-18H,5-10,15-16H2,1-4H3. The third kappa shape index (κ3) is 6.36. The fourth-order valence-corrected chi connectivity index (χ4v) is 3.01. The molecule has 4 nitrogen and oxygen atoms in total.